The molecule has 0 aliphatic heterocycles. The number of hydrogen-bond acceptors (Lipinski definition) is 5. The summed E-state index contributed by atoms with van der Waals surface area (Å²) < 4.78 is 10.1. The summed E-state index contributed by atoms with van der Waals surface area (Å²) in [5.74, 6) is -0.189. The van der Waals surface area contributed by atoms with Crippen molar-refractivity contribution in [3.05, 3.63) is 0 Å². The van der Waals surface area contributed by atoms with Gasteiger partial charge in [-0.3, -0.25) is 0 Å². The zero-order chi connectivity index (χ0) is 10.3. The third-order valence-electron chi connectivity index (χ3n) is 1.72. The predicted molar refractivity (Wildman–Crippen MR) is 46.1 cm³/mol. The standard InChI is InChI=1S/C8H18O5/c1-6(3-9)8(12-2)13-7(4-10)5-11/h6-11H,3-5H2,1-2H3. The van der Waals surface area contributed by atoms with Crippen LogP contribution in [0.3, 0.4) is 0 Å². The van der Waals surface area contributed by atoms with Gasteiger partial charge in [0, 0.05) is 13.0 Å². The van der Waals surface area contributed by atoms with E-state index in [0.717, 1.165) is 0 Å². The van der Waals surface area contributed by atoms with E-state index in [1.54, 1.807) is 6.92 Å². The SMILES string of the molecule is COC(OC(CO)CO)C(C)CO. The second kappa shape index (κ2) is 7.23. The lowest BCUT2D eigenvalue weighted by Gasteiger charge is -2.24. The van der Waals surface area contributed by atoms with Gasteiger partial charge in [0.2, 0.25) is 0 Å². The van der Waals surface area contributed by atoms with Gasteiger partial charge in [0.05, 0.1) is 19.8 Å². The molecule has 0 saturated heterocycles. The molecule has 2 atom stereocenters. The summed E-state index contributed by atoms with van der Waals surface area (Å²) in [5, 5.41) is 26.3. The molecule has 3 N–H and O–H groups in total. The Morgan fingerprint density at radius 3 is 1.92 bits per heavy atom. The van der Waals surface area contributed by atoms with Crippen molar-refractivity contribution < 1.29 is 24.8 Å². The van der Waals surface area contributed by atoms with Gasteiger partial charge in [-0.15, -0.1) is 0 Å². The van der Waals surface area contributed by atoms with Crippen LogP contribution in [0, 0.1) is 5.92 Å². The summed E-state index contributed by atoms with van der Waals surface area (Å²) in [6, 6.07) is 0. The smallest absolute Gasteiger partial charge is 0.162 e. The van der Waals surface area contributed by atoms with Crippen LogP contribution in [-0.2, 0) is 9.47 Å². The summed E-state index contributed by atoms with van der Waals surface area (Å²) in [6.07, 6.45) is -1.26. The van der Waals surface area contributed by atoms with Crippen molar-refractivity contribution in [1.82, 2.24) is 0 Å². The van der Waals surface area contributed by atoms with Gasteiger partial charge in [0.15, 0.2) is 6.29 Å². The second-order valence-corrected chi connectivity index (χ2v) is 2.89. The highest BCUT2D eigenvalue weighted by molar-refractivity contribution is 4.60. The maximum absolute atomic E-state index is 8.81. The molecule has 0 rings (SSSR count). The Balaban J connectivity index is 3.94. The van der Waals surface area contributed by atoms with Gasteiger partial charge in [-0.2, -0.15) is 0 Å². The quantitative estimate of drug-likeness (QED) is 0.451. The summed E-state index contributed by atoms with van der Waals surface area (Å²) in [4.78, 5) is 0. The molecule has 0 aliphatic rings. The van der Waals surface area contributed by atoms with Crippen LogP contribution >= 0.6 is 0 Å². The lowest BCUT2D eigenvalue weighted by atomic mass is 10.2. The number of aliphatic hydroxyl groups excluding tert-OH is 3. The monoisotopic (exact) mass is 194 g/mol. The van der Waals surface area contributed by atoms with Gasteiger partial charge in [-0.25, -0.2) is 0 Å². The highest BCUT2D eigenvalue weighted by Gasteiger charge is 2.20. The van der Waals surface area contributed by atoms with Crippen LogP contribution in [0.4, 0.5) is 0 Å². The van der Waals surface area contributed by atoms with E-state index in [4.69, 9.17) is 24.8 Å². The molecule has 0 amide bonds. The maximum Gasteiger partial charge on any atom is 0.162 e. The Bertz CT molecular complexity index is 115. The van der Waals surface area contributed by atoms with E-state index in [2.05, 4.69) is 0 Å². The van der Waals surface area contributed by atoms with E-state index in [9.17, 15) is 0 Å². The fourth-order valence-corrected chi connectivity index (χ4v) is 0.842. The van der Waals surface area contributed by atoms with Gasteiger partial charge in [0.1, 0.15) is 6.10 Å². The summed E-state index contributed by atoms with van der Waals surface area (Å²) in [7, 11) is 1.45. The van der Waals surface area contributed by atoms with E-state index in [-0.39, 0.29) is 25.7 Å². The molecule has 2 unspecified atom stereocenters. The third kappa shape index (κ3) is 4.54. The van der Waals surface area contributed by atoms with Crippen molar-refractivity contribution in [1.29, 1.82) is 0 Å². The van der Waals surface area contributed by atoms with Crippen LogP contribution in [0.15, 0.2) is 0 Å². The fraction of sp³-hybridized carbons (Fsp3) is 1.00. The van der Waals surface area contributed by atoms with Crippen LogP contribution in [0.2, 0.25) is 0 Å². The van der Waals surface area contributed by atoms with E-state index in [0.29, 0.717) is 0 Å². The molecular formula is C8H18O5. The molecule has 0 saturated carbocycles. The Labute approximate surface area is 77.9 Å². The van der Waals surface area contributed by atoms with Crippen LogP contribution < -0.4 is 0 Å². The van der Waals surface area contributed by atoms with E-state index >= 15 is 0 Å². The van der Waals surface area contributed by atoms with Crippen molar-refractivity contribution in [3.8, 4) is 0 Å². The van der Waals surface area contributed by atoms with E-state index < -0.39 is 12.4 Å². The maximum atomic E-state index is 8.81. The van der Waals surface area contributed by atoms with Crippen LogP contribution in [-0.4, -0.2) is 54.6 Å². The zero-order valence-electron chi connectivity index (χ0n) is 8.01. The van der Waals surface area contributed by atoms with Crippen molar-refractivity contribution in [2.45, 2.75) is 19.3 Å². The van der Waals surface area contributed by atoms with E-state index in [1.807, 2.05) is 0 Å². The highest BCUT2D eigenvalue weighted by atomic mass is 16.7. The average molecular weight is 194 g/mol. The van der Waals surface area contributed by atoms with E-state index in [1.165, 1.54) is 7.11 Å². The molecule has 0 radical (unpaired) electrons. The van der Waals surface area contributed by atoms with Crippen molar-refractivity contribution in [3.63, 3.8) is 0 Å². The molecule has 0 aromatic rings. The second-order valence-electron chi connectivity index (χ2n) is 2.89. The van der Waals surface area contributed by atoms with Crippen LogP contribution in [0.5, 0.6) is 0 Å². The number of aliphatic hydroxyl groups is 3. The van der Waals surface area contributed by atoms with Crippen molar-refractivity contribution >= 4 is 0 Å². The van der Waals surface area contributed by atoms with Gasteiger partial charge in [-0.1, -0.05) is 6.92 Å². The minimum Gasteiger partial charge on any atom is -0.396 e. The average Bonchev–Trinajstić information content (AvgIpc) is 2.19. The molecule has 0 bridgehead atoms. The van der Waals surface area contributed by atoms with Crippen molar-refractivity contribution in [2.24, 2.45) is 5.92 Å². The summed E-state index contributed by atoms with van der Waals surface area (Å²) in [6.45, 7) is 1.14. The van der Waals surface area contributed by atoms with Gasteiger partial charge < -0.3 is 24.8 Å². The molecule has 0 fully saturated rings. The van der Waals surface area contributed by atoms with Crippen LogP contribution in [0.1, 0.15) is 6.92 Å². The molecule has 13 heavy (non-hydrogen) atoms. The normalized spacial score (nSPS) is 16.2. The zero-order valence-corrected chi connectivity index (χ0v) is 8.01. The lowest BCUT2D eigenvalue weighted by molar-refractivity contribution is -0.200. The summed E-state index contributed by atoms with van der Waals surface area (Å²) in [5.41, 5.74) is 0. The number of hydrogen-bond donors (Lipinski definition) is 3. The van der Waals surface area contributed by atoms with Gasteiger partial charge >= 0.3 is 0 Å². The Morgan fingerprint density at radius 1 is 1.08 bits per heavy atom. The number of ether oxygens (including phenoxy) is 2. The number of rotatable bonds is 7. The third-order valence-corrected chi connectivity index (χ3v) is 1.72. The fourth-order valence-electron chi connectivity index (χ4n) is 0.842. The number of methoxy groups -OCH3 is 1. The Kier molecular flexibility index (Phi) is 7.12. The summed E-state index contributed by atoms with van der Waals surface area (Å²) >= 11 is 0. The highest BCUT2D eigenvalue weighted by Crippen LogP contribution is 2.09. The molecule has 0 aliphatic carbocycles. The van der Waals surface area contributed by atoms with Gasteiger partial charge in [0.25, 0.3) is 0 Å². The first-order valence-corrected chi connectivity index (χ1v) is 4.20. The Hall–Kier alpha value is -0.200. The van der Waals surface area contributed by atoms with Crippen molar-refractivity contribution in [2.75, 3.05) is 26.9 Å². The minimum atomic E-state index is -0.654. The molecule has 0 spiro atoms. The Morgan fingerprint density at radius 2 is 1.62 bits per heavy atom. The first kappa shape index (κ1) is 12.8. The van der Waals surface area contributed by atoms with Crippen LogP contribution in [0.25, 0.3) is 0 Å². The molecule has 5 heteroatoms. The first-order valence-electron chi connectivity index (χ1n) is 4.20. The predicted octanol–water partition coefficient (Wildman–Crippen LogP) is -1.04. The molecule has 80 valence electrons. The molecule has 0 aromatic heterocycles. The topological polar surface area (TPSA) is 79.2 Å². The molecule has 0 aromatic carbocycles. The largest absolute Gasteiger partial charge is 0.396 e. The minimum absolute atomic E-state index is 0.0674. The molecular weight excluding hydrogens is 176 g/mol. The molecule has 5 nitrogen and oxygen atoms in total. The molecule has 0 heterocycles. The first-order chi connectivity index (χ1) is 6.19. The van der Waals surface area contributed by atoms with Gasteiger partial charge in [-0.05, 0) is 0 Å². The lowest BCUT2D eigenvalue weighted by Crippen LogP contribution is -2.34.